The molecule has 0 fully saturated rings. The predicted molar refractivity (Wildman–Crippen MR) is 45.6 cm³/mol. The molecule has 10 heavy (non-hydrogen) atoms. The molecule has 0 radical (unpaired) electrons. The minimum Gasteiger partial charge on any atom is -0.385 e. The zero-order valence-corrected chi connectivity index (χ0v) is 6.67. The van der Waals surface area contributed by atoms with Gasteiger partial charge in [0.15, 0.2) is 0 Å². The van der Waals surface area contributed by atoms with Crippen LogP contribution in [0.5, 0.6) is 0 Å². The molecule has 0 spiro atoms. The van der Waals surface area contributed by atoms with Crippen LogP contribution in [0.3, 0.4) is 0 Å². The molecule has 1 aliphatic rings. The molecule has 1 atom stereocenters. The molecule has 2 nitrogen and oxygen atoms in total. The van der Waals surface area contributed by atoms with Gasteiger partial charge in [-0.05, 0) is 25.7 Å². The van der Waals surface area contributed by atoms with Gasteiger partial charge in [0.05, 0.1) is 0 Å². The summed E-state index contributed by atoms with van der Waals surface area (Å²) in [6, 6.07) is 0.569. The summed E-state index contributed by atoms with van der Waals surface area (Å²) >= 11 is 0. The summed E-state index contributed by atoms with van der Waals surface area (Å²) in [7, 11) is 1.50. The molecule has 0 bridgehead atoms. The van der Waals surface area contributed by atoms with Gasteiger partial charge in [-0.3, -0.25) is 0 Å². The van der Waals surface area contributed by atoms with Crippen LogP contribution in [0.25, 0.3) is 0 Å². The highest BCUT2D eigenvalue weighted by Crippen LogP contribution is 1.96. The van der Waals surface area contributed by atoms with Gasteiger partial charge in [0.2, 0.25) is 0 Å². The van der Waals surface area contributed by atoms with Crippen LogP contribution in [-0.4, -0.2) is 13.1 Å². The molecule has 0 aromatic rings. The fourth-order valence-electron chi connectivity index (χ4n) is 0.742. The molecule has 0 amide bonds. The van der Waals surface area contributed by atoms with Crippen LogP contribution in [0.15, 0.2) is 24.4 Å². The van der Waals surface area contributed by atoms with Crippen molar-refractivity contribution >= 4 is 0 Å². The molecular weight excluding hydrogens is 124 g/mol. The quantitative estimate of drug-likeness (QED) is 0.570. The van der Waals surface area contributed by atoms with Crippen molar-refractivity contribution in [2.24, 2.45) is 5.73 Å². The van der Waals surface area contributed by atoms with E-state index in [2.05, 4.69) is 30.1 Å². The second-order valence-corrected chi connectivity index (χ2v) is 1.93. The molecule has 0 aromatic carbocycles. The second kappa shape index (κ2) is 6.36. The molecule has 3 N–H and O–H groups in total. The van der Waals surface area contributed by atoms with Gasteiger partial charge < -0.3 is 11.1 Å². The maximum Gasteiger partial charge on any atom is 0.0439 e. The number of nitrogens with two attached hydrogens (primary N) is 1. The van der Waals surface area contributed by atoms with Gasteiger partial charge >= 0.3 is 0 Å². The van der Waals surface area contributed by atoms with Gasteiger partial charge in [-0.15, -0.1) is 0 Å². The molecular formula is C8H16N2. The maximum absolute atomic E-state index is 4.50. The summed E-state index contributed by atoms with van der Waals surface area (Å²) in [5.41, 5.74) is 4.50. The predicted octanol–water partition coefficient (Wildman–Crippen LogP) is 1.01. The van der Waals surface area contributed by atoms with Crippen molar-refractivity contribution < 1.29 is 0 Å². The van der Waals surface area contributed by atoms with E-state index in [1.165, 1.54) is 13.5 Å². The topological polar surface area (TPSA) is 38.0 Å². The van der Waals surface area contributed by atoms with Crippen LogP contribution in [-0.2, 0) is 0 Å². The lowest BCUT2D eigenvalue weighted by Gasteiger charge is -2.11. The van der Waals surface area contributed by atoms with Crippen LogP contribution in [0.2, 0.25) is 0 Å². The van der Waals surface area contributed by atoms with E-state index in [4.69, 9.17) is 0 Å². The summed E-state index contributed by atoms with van der Waals surface area (Å²) in [6.07, 6.45) is 9.39. The first-order valence-electron chi connectivity index (χ1n) is 3.60. The van der Waals surface area contributed by atoms with Crippen molar-refractivity contribution in [1.82, 2.24) is 5.32 Å². The summed E-state index contributed by atoms with van der Waals surface area (Å²) in [5, 5.41) is 3.20. The van der Waals surface area contributed by atoms with Crippen LogP contribution >= 0.6 is 0 Å². The highest BCUT2D eigenvalue weighted by atomic mass is 14.9. The normalized spacial score (nSPS) is 20.9. The molecule has 1 unspecified atom stereocenters. The number of rotatable bonds is 1. The first-order valence-corrected chi connectivity index (χ1v) is 3.60. The fraction of sp³-hybridized carbons (Fsp3) is 0.500. The van der Waals surface area contributed by atoms with Crippen molar-refractivity contribution in [2.45, 2.75) is 19.4 Å². The Labute approximate surface area is 62.8 Å². The van der Waals surface area contributed by atoms with Crippen molar-refractivity contribution in [2.75, 3.05) is 7.05 Å². The van der Waals surface area contributed by atoms with E-state index in [0.29, 0.717) is 6.04 Å². The first kappa shape index (κ1) is 9.24. The summed E-state index contributed by atoms with van der Waals surface area (Å²) < 4.78 is 0. The van der Waals surface area contributed by atoms with Crippen molar-refractivity contribution in [1.29, 1.82) is 0 Å². The minimum absolute atomic E-state index is 0.569. The summed E-state index contributed by atoms with van der Waals surface area (Å²) in [6.45, 7) is 2.17. The van der Waals surface area contributed by atoms with Gasteiger partial charge in [0.25, 0.3) is 0 Å². The SMILES string of the molecule is CCC1C=CC=CN1.CN. The molecule has 0 aliphatic carbocycles. The number of hydrogen-bond donors (Lipinski definition) is 2. The molecule has 0 aromatic heterocycles. The Morgan fingerprint density at radius 2 is 2.10 bits per heavy atom. The van der Waals surface area contributed by atoms with Crippen LogP contribution in [0.1, 0.15) is 13.3 Å². The Hall–Kier alpha value is -0.760. The number of hydrogen-bond acceptors (Lipinski definition) is 2. The smallest absolute Gasteiger partial charge is 0.0439 e. The second-order valence-electron chi connectivity index (χ2n) is 1.93. The Kier molecular flexibility index (Phi) is 5.88. The minimum atomic E-state index is 0.569. The van der Waals surface area contributed by atoms with E-state index in [0.717, 1.165) is 0 Å². The highest BCUT2D eigenvalue weighted by Gasteiger charge is 1.96. The van der Waals surface area contributed by atoms with Gasteiger partial charge in [-0.25, -0.2) is 0 Å². The van der Waals surface area contributed by atoms with Crippen LogP contribution in [0.4, 0.5) is 0 Å². The Bertz CT molecular complexity index is 116. The maximum atomic E-state index is 4.50. The van der Waals surface area contributed by atoms with E-state index in [9.17, 15) is 0 Å². The first-order chi connectivity index (χ1) is 4.93. The van der Waals surface area contributed by atoms with Crippen LogP contribution in [0, 0.1) is 0 Å². The number of nitrogens with one attached hydrogen (secondary N) is 1. The highest BCUT2D eigenvalue weighted by molar-refractivity contribution is 5.11. The number of allylic oxidation sites excluding steroid dienone is 2. The third-order valence-corrected chi connectivity index (χ3v) is 1.30. The van der Waals surface area contributed by atoms with E-state index < -0.39 is 0 Å². The van der Waals surface area contributed by atoms with E-state index in [1.54, 1.807) is 0 Å². The van der Waals surface area contributed by atoms with Gasteiger partial charge in [-0.1, -0.05) is 19.1 Å². The average Bonchev–Trinajstić information content (AvgIpc) is 2.10. The largest absolute Gasteiger partial charge is 0.385 e. The van der Waals surface area contributed by atoms with E-state index in [1.807, 2.05) is 12.3 Å². The molecule has 1 heterocycles. The molecule has 0 saturated carbocycles. The lowest BCUT2D eigenvalue weighted by molar-refractivity contribution is 0.670. The van der Waals surface area contributed by atoms with Gasteiger partial charge in [-0.2, -0.15) is 0 Å². The van der Waals surface area contributed by atoms with Crippen molar-refractivity contribution in [3.63, 3.8) is 0 Å². The lowest BCUT2D eigenvalue weighted by atomic mass is 10.2. The van der Waals surface area contributed by atoms with Gasteiger partial charge in [0, 0.05) is 6.04 Å². The van der Waals surface area contributed by atoms with Crippen molar-refractivity contribution in [3.8, 4) is 0 Å². The molecule has 58 valence electrons. The monoisotopic (exact) mass is 140 g/mol. The molecule has 0 saturated heterocycles. The van der Waals surface area contributed by atoms with E-state index >= 15 is 0 Å². The Morgan fingerprint density at radius 1 is 1.40 bits per heavy atom. The van der Waals surface area contributed by atoms with Gasteiger partial charge in [0.1, 0.15) is 0 Å². The Morgan fingerprint density at radius 3 is 2.40 bits per heavy atom. The summed E-state index contributed by atoms with van der Waals surface area (Å²) in [5.74, 6) is 0. The standard InChI is InChI=1S/C7H11N.CH5N/c1-2-7-5-3-4-6-8-7;1-2/h3-8H,2H2,1H3;2H2,1H3. The van der Waals surface area contributed by atoms with Crippen LogP contribution < -0.4 is 11.1 Å². The number of dihydropyridines is 1. The summed E-state index contributed by atoms with van der Waals surface area (Å²) in [4.78, 5) is 0. The molecule has 1 rings (SSSR count). The fourth-order valence-corrected chi connectivity index (χ4v) is 0.742. The third kappa shape index (κ3) is 3.30. The third-order valence-electron chi connectivity index (χ3n) is 1.30. The van der Waals surface area contributed by atoms with Crippen molar-refractivity contribution in [3.05, 3.63) is 24.4 Å². The average molecular weight is 140 g/mol. The Balaban J connectivity index is 0.000000371. The molecule has 2 heteroatoms. The van der Waals surface area contributed by atoms with E-state index in [-0.39, 0.29) is 0 Å². The zero-order valence-electron chi connectivity index (χ0n) is 6.67. The lowest BCUT2D eigenvalue weighted by Crippen LogP contribution is -2.21. The molecule has 1 aliphatic heterocycles. The zero-order chi connectivity index (χ0) is 7.82.